The minimum Gasteiger partial charge on any atom is -0.412 e. The number of methoxy groups -OCH3 is 1. The Morgan fingerprint density at radius 1 is 1.26 bits per heavy atom. The van der Waals surface area contributed by atoms with E-state index < -0.39 is 8.32 Å². The van der Waals surface area contributed by atoms with E-state index in [2.05, 4.69) is 40.4 Å². The van der Waals surface area contributed by atoms with Crippen LogP contribution in [-0.2, 0) is 9.16 Å². The summed E-state index contributed by atoms with van der Waals surface area (Å²) < 4.78 is 11.7. The Labute approximate surface area is 120 Å². The zero-order valence-corrected chi connectivity index (χ0v) is 14.7. The molecular weight excluding hydrogens is 254 g/mol. The molecule has 2 atom stereocenters. The first-order valence-electron chi connectivity index (χ1n) is 7.17. The van der Waals surface area contributed by atoms with Crippen LogP contribution in [0.5, 0.6) is 0 Å². The molecule has 0 aliphatic carbocycles. The molecule has 0 saturated carbocycles. The third-order valence-electron chi connectivity index (χ3n) is 3.95. The van der Waals surface area contributed by atoms with E-state index in [-0.39, 0.29) is 17.2 Å². The average Bonchev–Trinajstić information content (AvgIpc) is 2.24. The molecule has 0 fully saturated rings. The van der Waals surface area contributed by atoms with Crippen LogP contribution in [-0.4, -0.2) is 34.2 Å². The van der Waals surface area contributed by atoms with Gasteiger partial charge in [-0.25, -0.2) is 0 Å². The topological polar surface area (TPSA) is 44.5 Å². The lowest BCUT2D eigenvalue weighted by Crippen LogP contribution is -2.45. The molecule has 0 saturated heterocycles. The van der Waals surface area contributed by atoms with Gasteiger partial charge in [-0.1, -0.05) is 26.8 Å². The summed E-state index contributed by atoms with van der Waals surface area (Å²) in [6.07, 6.45) is 4.80. The highest BCUT2D eigenvalue weighted by Gasteiger charge is 2.39. The van der Waals surface area contributed by atoms with Gasteiger partial charge in [0.1, 0.15) is 0 Å². The minimum atomic E-state index is -1.74. The van der Waals surface area contributed by atoms with E-state index in [0.29, 0.717) is 6.61 Å². The Bertz CT molecular complexity index is 261. The van der Waals surface area contributed by atoms with Crippen LogP contribution in [0.2, 0.25) is 18.1 Å². The minimum absolute atomic E-state index is 0.154. The van der Waals surface area contributed by atoms with Gasteiger partial charge in [-0.15, -0.1) is 6.58 Å². The number of ether oxygens (including phenoxy) is 1. The van der Waals surface area contributed by atoms with Gasteiger partial charge in [-0.05, 0) is 37.4 Å². The number of rotatable bonds is 9. The van der Waals surface area contributed by atoms with Crippen molar-refractivity contribution in [2.24, 2.45) is 5.73 Å². The molecule has 0 amide bonds. The van der Waals surface area contributed by atoms with Gasteiger partial charge in [-0.3, -0.25) is 0 Å². The van der Waals surface area contributed by atoms with Crippen LogP contribution in [0.25, 0.3) is 0 Å². The van der Waals surface area contributed by atoms with Crippen LogP contribution in [0.3, 0.4) is 0 Å². The lowest BCUT2D eigenvalue weighted by molar-refractivity contribution is 0.0639. The van der Waals surface area contributed by atoms with Gasteiger partial charge < -0.3 is 14.9 Å². The molecule has 0 heterocycles. The van der Waals surface area contributed by atoms with E-state index in [1.165, 1.54) is 0 Å². The lowest BCUT2D eigenvalue weighted by atomic mass is 10.1. The Morgan fingerprint density at radius 3 is 2.26 bits per heavy atom. The summed E-state index contributed by atoms with van der Waals surface area (Å²) in [5.41, 5.74) is 6.02. The third-order valence-corrected chi connectivity index (χ3v) is 8.48. The summed E-state index contributed by atoms with van der Waals surface area (Å²) in [7, 11) is -0.00885. The second kappa shape index (κ2) is 8.20. The highest BCUT2D eigenvalue weighted by molar-refractivity contribution is 6.74. The summed E-state index contributed by atoms with van der Waals surface area (Å²) in [6.45, 7) is 15.7. The maximum atomic E-state index is 6.40. The van der Waals surface area contributed by atoms with Gasteiger partial charge in [0.2, 0.25) is 0 Å². The smallest absolute Gasteiger partial charge is 0.192 e. The normalized spacial score (nSPS) is 16.2. The van der Waals surface area contributed by atoms with E-state index >= 15 is 0 Å². The average molecular weight is 288 g/mol. The van der Waals surface area contributed by atoms with Gasteiger partial charge in [0, 0.05) is 13.2 Å². The maximum Gasteiger partial charge on any atom is 0.192 e. The second-order valence-corrected chi connectivity index (χ2v) is 11.6. The molecule has 0 aromatic carbocycles. The van der Waals surface area contributed by atoms with Gasteiger partial charge in [0.15, 0.2) is 8.32 Å². The summed E-state index contributed by atoms with van der Waals surface area (Å²) >= 11 is 0. The zero-order chi connectivity index (χ0) is 15.1. The zero-order valence-electron chi connectivity index (χ0n) is 13.7. The van der Waals surface area contributed by atoms with Crippen molar-refractivity contribution in [2.45, 2.75) is 70.3 Å². The SMILES string of the molecule is C=CCC(N)CC[C@H](COC)O[Si](C)(C)C(C)(C)C. The van der Waals surface area contributed by atoms with Crippen LogP contribution in [0.15, 0.2) is 12.7 Å². The molecule has 0 aromatic heterocycles. The fourth-order valence-corrected chi connectivity index (χ4v) is 3.06. The molecule has 0 bridgehead atoms. The number of hydrogen-bond acceptors (Lipinski definition) is 3. The van der Waals surface area contributed by atoms with Crippen LogP contribution in [0.1, 0.15) is 40.0 Å². The van der Waals surface area contributed by atoms with E-state index in [4.69, 9.17) is 14.9 Å². The monoisotopic (exact) mass is 287 g/mol. The standard InChI is InChI=1S/C15H33NO2Si/c1-8-9-13(16)10-11-14(12-17-5)18-19(6,7)15(2,3)4/h8,13-14H,1,9-12,16H2,2-7H3/t13?,14-/m1/s1. The van der Waals surface area contributed by atoms with Crippen molar-refractivity contribution in [3.63, 3.8) is 0 Å². The van der Waals surface area contributed by atoms with Crippen molar-refractivity contribution in [3.8, 4) is 0 Å². The molecule has 3 nitrogen and oxygen atoms in total. The van der Waals surface area contributed by atoms with Crippen molar-refractivity contribution in [3.05, 3.63) is 12.7 Å². The first-order chi connectivity index (χ1) is 8.64. The maximum absolute atomic E-state index is 6.40. The number of hydrogen-bond donors (Lipinski definition) is 1. The quantitative estimate of drug-likeness (QED) is 0.519. The fraction of sp³-hybridized carbons (Fsp3) is 0.867. The molecule has 19 heavy (non-hydrogen) atoms. The van der Waals surface area contributed by atoms with Gasteiger partial charge >= 0.3 is 0 Å². The Morgan fingerprint density at radius 2 is 1.84 bits per heavy atom. The molecule has 114 valence electrons. The van der Waals surface area contributed by atoms with Gasteiger partial charge in [0.25, 0.3) is 0 Å². The van der Waals surface area contributed by atoms with Crippen molar-refractivity contribution in [1.29, 1.82) is 0 Å². The van der Waals surface area contributed by atoms with Crippen molar-refractivity contribution in [1.82, 2.24) is 0 Å². The molecule has 2 N–H and O–H groups in total. The molecule has 0 aliphatic heterocycles. The molecule has 0 aliphatic rings. The van der Waals surface area contributed by atoms with E-state index in [9.17, 15) is 0 Å². The van der Waals surface area contributed by atoms with E-state index in [1.54, 1.807) is 7.11 Å². The fourth-order valence-electron chi connectivity index (χ4n) is 1.69. The summed E-state index contributed by atoms with van der Waals surface area (Å²) in [5, 5.41) is 0.224. The van der Waals surface area contributed by atoms with Crippen molar-refractivity contribution >= 4 is 8.32 Å². The first-order valence-corrected chi connectivity index (χ1v) is 10.1. The summed E-state index contributed by atoms with van der Waals surface area (Å²) in [5.74, 6) is 0. The molecule has 0 rings (SSSR count). The largest absolute Gasteiger partial charge is 0.412 e. The predicted octanol–water partition coefficient (Wildman–Crippen LogP) is 3.71. The van der Waals surface area contributed by atoms with Crippen LogP contribution in [0.4, 0.5) is 0 Å². The number of nitrogens with two attached hydrogens (primary N) is 1. The Hall–Kier alpha value is -0.163. The summed E-state index contributed by atoms with van der Waals surface area (Å²) in [4.78, 5) is 0. The van der Waals surface area contributed by atoms with E-state index in [1.807, 2.05) is 6.08 Å². The summed E-state index contributed by atoms with van der Waals surface area (Å²) in [6, 6.07) is 0.180. The van der Waals surface area contributed by atoms with E-state index in [0.717, 1.165) is 19.3 Å². The van der Waals surface area contributed by atoms with Crippen molar-refractivity contribution < 1.29 is 9.16 Å². The molecule has 1 unspecified atom stereocenters. The molecule has 4 heteroatoms. The van der Waals surface area contributed by atoms with Crippen molar-refractivity contribution in [2.75, 3.05) is 13.7 Å². The molecule has 0 radical (unpaired) electrons. The Kier molecular flexibility index (Phi) is 8.13. The first kappa shape index (κ1) is 18.8. The highest BCUT2D eigenvalue weighted by atomic mass is 28.4. The molecule has 0 aromatic rings. The van der Waals surface area contributed by atoms with Crippen LogP contribution >= 0.6 is 0 Å². The molecule has 0 spiro atoms. The van der Waals surface area contributed by atoms with Crippen LogP contribution in [0, 0.1) is 0 Å². The Balaban J connectivity index is 4.44. The van der Waals surface area contributed by atoms with Gasteiger partial charge in [0.05, 0.1) is 12.7 Å². The molecular formula is C15H33NO2Si. The predicted molar refractivity (Wildman–Crippen MR) is 86.0 cm³/mol. The third kappa shape index (κ3) is 7.25. The van der Waals surface area contributed by atoms with Crippen LogP contribution < -0.4 is 5.73 Å². The lowest BCUT2D eigenvalue weighted by Gasteiger charge is -2.39. The van der Waals surface area contributed by atoms with Gasteiger partial charge in [-0.2, -0.15) is 0 Å². The highest BCUT2D eigenvalue weighted by Crippen LogP contribution is 2.37. The second-order valence-electron chi connectivity index (χ2n) is 6.82.